The van der Waals surface area contributed by atoms with Crippen LogP contribution in [0.2, 0.25) is 0 Å². The van der Waals surface area contributed by atoms with E-state index >= 15 is 0 Å². The van der Waals surface area contributed by atoms with E-state index in [-0.39, 0.29) is 6.61 Å². The molecule has 1 rings (SSSR count). The van der Waals surface area contributed by atoms with Crippen molar-refractivity contribution in [2.75, 3.05) is 6.61 Å². The Kier molecular flexibility index (Phi) is 3.20. The molecule has 1 aromatic rings. The van der Waals surface area contributed by atoms with E-state index in [1.165, 1.54) is 0 Å². The summed E-state index contributed by atoms with van der Waals surface area (Å²) in [6.07, 6.45) is 3.54. The van der Waals surface area contributed by atoms with E-state index in [1.807, 2.05) is 30.3 Å². The molecule has 0 aliphatic carbocycles. The number of thiol groups is 1. The molecular formula is C9H10OS. The van der Waals surface area contributed by atoms with E-state index in [4.69, 9.17) is 5.11 Å². The number of benzene rings is 1. The number of aliphatic hydroxyl groups excluding tert-OH is 1. The van der Waals surface area contributed by atoms with Gasteiger partial charge in [-0.25, -0.2) is 0 Å². The molecule has 0 heterocycles. The third-order valence-electron chi connectivity index (χ3n) is 1.34. The lowest BCUT2D eigenvalue weighted by Gasteiger charge is -1.95. The fourth-order valence-corrected chi connectivity index (χ4v) is 1.04. The molecule has 11 heavy (non-hydrogen) atoms. The lowest BCUT2D eigenvalue weighted by Crippen LogP contribution is -1.76. The van der Waals surface area contributed by atoms with E-state index in [2.05, 4.69) is 12.6 Å². The first kappa shape index (κ1) is 8.37. The fourth-order valence-electron chi connectivity index (χ4n) is 0.808. The minimum Gasteiger partial charge on any atom is -0.392 e. The predicted octanol–water partition coefficient (Wildman–Crippen LogP) is 1.98. The van der Waals surface area contributed by atoms with Crippen molar-refractivity contribution in [3.8, 4) is 0 Å². The summed E-state index contributed by atoms with van der Waals surface area (Å²) in [7, 11) is 0. The first-order chi connectivity index (χ1) is 5.34. The molecule has 0 unspecified atom stereocenters. The monoisotopic (exact) mass is 166 g/mol. The number of hydrogen-bond acceptors (Lipinski definition) is 2. The zero-order chi connectivity index (χ0) is 8.10. The highest BCUT2D eigenvalue weighted by Crippen LogP contribution is 2.13. The fraction of sp³-hybridized carbons (Fsp3) is 0.111. The Morgan fingerprint density at radius 3 is 2.73 bits per heavy atom. The summed E-state index contributed by atoms with van der Waals surface area (Å²) in [5.74, 6) is 0. The van der Waals surface area contributed by atoms with Crippen molar-refractivity contribution in [3.05, 3.63) is 35.9 Å². The molecule has 0 atom stereocenters. The molecule has 2 heteroatoms. The van der Waals surface area contributed by atoms with Gasteiger partial charge in [0.2, 0.25) is 0 Å². The Hall–Kier alpha value is -0.730. The van der Waals surface area contributed by atoms with Gasteiger partial charge < -0.3 is 5.11 Å². The molecule has 0 aromatic heterocycles. The van der Waals surface area contributed by atoms with E-state index in [9.17, 15) is 0 Å². The number of rotatable bonds is 2. The van der Waals surface area contributed by atoms with Crippen LogP contribution in [-0.4, -0.2) is 11.7 Å². The molecule has 0 aliphatic rings. The van der Waals surface area contributed by atoms with Crippen molar-refractivity contribution in [3.63, 3.8) is 0 Å². The van der Waals surface area contributed by atoms with Gasteiger partial charge in [0.25, 0.3) is 0 Å². The summed E-state index contributed by atoms with van der Waals surface area (Å²) in [6.45, 7) is 0.0715. The molecule has 0 fully saturated rings. The maximum Gasteiger partial charge on any atom is 0.0615 e. The van der Waals surface area contributed by atoms with Gasteiger partial charge in [0.1, 0.15) is 0 Å². The van der Waals surface area contributed by atoms with E-state index in [0.717, 1.165) is 10.5 Å². The topological polar surface area (TPSA) is 20.2 Å². The van der Waals surface area contributed by atoms with Gasteiger partial charge in [-0.1, -0.05) is 30.4 Å². The highest BCUT2D eigenvalue weighted by Gasteiger charge is 1.89. The summed E-state index contributed by atoms with van der Waals surface area (Å²) in [4.78, 5) is 0.928. The minimum absolute atomic E-state index is 0.0715. The Bertz CT molecular complexity index is 255. The maximum absolute atomic E-state index is 8.51. The van der Waals surface area contributed by atoms with Crippen LogP contribution < -0.4 is 0 Å². The van der Waals surface area contributed by atoms with Crippen LogP contribution in [0, 0.1) is 0 Å². The van der Waals surface area contributed by atoms with Crippen molar-refractivity contribution < 1.29 is 5.11 Å². The second kappa shape index (κ2) is 4.21. The van der Waals surface area contributed by atoms with Gasteiger partial charge in [-0.15, -0.1) is 12.6 Å². The quantitative estimate of drug-likeness (QED) is 0.644. The van der Waals surface area contributed by atoms with Gasteiger partial charge in [-0.3, -0.25) is 0 Å². The second-order valence-electron chi connectivity index (χ2n) is 2.14. The zero-order valence-electron chi connectivity index (χ0n) is 6.07. The van der Waals surface area contributed by atoms with Crippen LogP contribution >= 0.6 is 12.6 Å². The average Bonchev–Trinajstić information content (AvgIpc) is 2.03. The molecule has 0 saturated heterocycles. The van der Waals surface area contributed by atoms with Gasteiger partial charge in [0.05, 0.1) is 6.61 Å². The van der Waals surface area contributed by atoms with Gasteiger partial charge in [-0.2, -0.15) is 0 Å². The maximum atomic E-state index is 8.51. The number of hydrogen-bond donors (Lipinski definition) is 2. The minimum atomic E-state index is 0.0715. The van der Waals surface area contributed by atoms with Crippen LogP contribution in [0.15, 0.2) is 35.2 Å². The van der Waals surface area contributed by atoms with Crippen LogP contribution in [0.25, 0.3) is 6.08 Å². The summed E-state index contributed by atoms with van der Waals surface area (Å²) >= 11 is 4.24. The first-order valence-electron chi connectivity index (χ1n) is 3.40. The zero-order valence-corrected chi connectivity index (χ0v) is 6.96. The van der Waals surface area contributed by atoms with Gasteiger partial charge in [0, 0.05) is 4.90 Å². The molecule has 1 N–H and O–H groups in total. The Balaban J connectivity index is 2.86. The first-order valence-corrected chi connectivity index (χ1v) is 3.84. The van der Waals surface area contributed by atoms with Crippen LogP contribution in [0.1, 0.15) is 5.56 Å². The highest BCUT2D eigenvalue weighted by atomic mass is 32.1. The van der Waals surface area contributed by atoms with Crippen LogP contribution in [0.4, 0.5) is 0 Å². The molecule has 0 aliphatic heterocycles. The molecule has 58 valence electrons. The lowest BCUT2D eigenvalue weighted by atomic mass is 10.2. The largest absolute Gasteiger partial charge is 0.392 e. The van der Waals surface area contributed by atoms with E-state index in [0.29, 0.717) is 0 Å². The summed E-state index contributed by atoms with van der Waals surface area (Å²) in [6, 6.07) is 7.74. The van der Waals surface area contributed by atoms with Crippen molar-refractivity contribution >= 4 is 18.7 Å². The molecule has 0 amide bonds. The molecule has 1 nitrogen and oxygen atoms in total. The van der Waals surface area contributed by atoms with Gasteiger partial charge in [-0.05, 0) is 11.6 Å². The predicted molar refractivity (Wildman–Crippen MR) is 49.8 cm³/mol. The smallest absolute Gasteiger partial charge is 0.0615 e. The van der Waals surface area contributed by atoms with Crippen molar-refractivity contribution in [2.24, 2.45) is 0 Å². The van der Waals surface area contributed by atoms with Gasteiger partial charge in [0.15, 0.2) is 0 Å². The number of aliphatic hydroxyl groups is 1. The SMILES string of the molecule is OCC=Cc1ccccc1S. The Morgan fingerprint density at radius 2 is 2.09 bits per heavy atom. The van der Waals surface area contributed by atoms with E-state index in [1.54, 1.807) is 6.08 Å². The van der Waals surface area contributed by atoms with Gasteiger partial charge >= 0.3 is 0 Å². The van der Waals surface area contributed by atoms with Crippen LogP contribution in [0.3, 0.4) is 0 Å². The average molecular weight is 166 g/mol. The Morgan fingerprint density at radius 1 is 1.36 bits per heavy atom. The third kappa shape index (κ3) is 2.41. The summed E-state index contributed by atoms with van der Waals surface area (Å²) < 4.78 is 0. The van der Waals surface area contributed by atoms with Crippen molar-refractivity contribution in [1.29, 1.82) is 0 Å². The van der Waals surface area contributed by atoms with E-state index < -0.39 is 0 Å². The van der Waals surface area contributed by atoms with Crippen molar-refractivity contribution in [2.45, 2.75) is 4.90 Å². The van der Waals surface area contributed by atoms with Crippen molar-refractivity contribution in [1.82, 2.24) is 0 Å². The standard InChI is InChI=1S/C9H10OS/c10-7-3-5-8-4-1-2-6-9(8)11/h1-6,10-11H,7H2. The summed E-state index contributed by atoms with van der Waals surface area (Å²) in [5, 5.41) is 8.51. The van der Waals surface area contributed by atoms with Crippen LogP contribution in [-0.2, 0) is 0 Å². The molecule has 0 radical (unpaired) electrons. The highest BCUT2D eigenvalue weighted by molar-refractivity contribution is 7.80. The third-order valence-corrected chi connectivity index (χ3v) is 1.75. The summed E-state index contributed by atoms with van der Waals surface area (Å²) in [5.41, 5.74) is 1.03. The molecule has 1 aromatic carbocycles. The lowest BCUT2D eigenvalue weighted by molar-refractivity contribution is 0.343. The Labute approximate surface area is 71.8 Å². The normalized spacial score (nSPS) is 10.7. The second-order valence-corrected chi connectivity index (χ2v) is 2.63. The molecular weight excluding hydrogens is 156 g/mol. The molecule has 0 bridgehead atoms. The van der Waals surface area contributed by atoms with Crippen LogP contribution in [0.5, 0.6) is 0 Å². The molecule has 0 spiro atoms. The molecule has 0 saturated carbocycles.